The lowest BCUT2D eigenvalue weighted by Crippen LogP contribution is -2.36. The number of H-pyrrole nitrogens is 1. The van der Waals surface area contributed by atoms with Crippen molar-refractivity contribution in [2.45, 2.75) is 38.7 Å². The van der Waals surface area contributed by atoms with Crippen molar-refractivity contribution in [3.8, 4) is 11.3 Å². The highest BCUT2D eigenvalue weighted by Gasteiger charge is 2.36. The maximum Gasteiger partial charge on any atom is 0.416 e. The van der Waals surface area contributed by atoms with Crippen molar-refractivity contribution in [2.75, 3.05) is 0 Å². The summed E-state index contributed by atoms with van der Waals surface area (Å²) in [6.07, 6.45) is -5.35. The fourth-order valence-electron chi connectivity index (χ4n) is 3.07. The van der Waals surface area contributed by atoms with Crippen LogP contribution in [0.4, 0.5) is 13.2 Å². The molecule has 0 fully saturated rings. The second kappa shape index (κ2) is 8.36. The van der Waals surface area contributed by atoms with Crippen molar-refractivity contribution >= 4 is 17.6 Å². The number of nitrogens with one attached hydrogen (secondary N) is 1. The van der Waals surface area contributed by atoms with E-state index < -0.39 is 29.4 Å². The Kier molecular flexibility index (Phi) is 6.16. The number of aromatic amines is 1. The smallest absolute Gasteiger partial charge is 0.416 e. The second-order valence-corrected chi connectivity index (χ2v) is 7.93. The van der Waals surface area contributed by atoms with Crippen LogP contribution in [-0.2, 0) is 15.7 Å². The quantitative estimate of drug-likeness (QED) is 0.479. The maximum absolute atomic E-state index is 12.9. The van der Waals surface area contributed by atoms with Gasteiger partial charge < -0.3 is 9.84 Å². The summed E-state index contributed by atoms with van der Waals surface area (Å²) in [7, 11) is 0. The first-order valence-corrected chi connectivity index (χ1v) is 9.67. The van der Waals surface area contributed by atoms with Crippen LogP contribution in [0.5, 0.6) is 0 Å². The Labute approximate surface area is 181 Å². The minimum atomic E-state index is -4.43. The van der Waals surface area contributed by atoms with Gasteiger partial charge in [-0.15, -0.1) is 0 Å². The van der Waals surface area contributed by atoms with E-state index in [-0.39, 0.29) is 0 Å². The maximum atomic E-state index is 12.9. The Morgan fingerprint density at radius 3 is 2.29 bits per heavy atom. The van der Waals surface area contributed by atoms with Gasteiger partial charge in [-0.3, -0.25) is 5.10 Å². The molecule has 0 aliphatic rings. The van der Waals surface area contributed by atoms with Crippen LogP contribution >= 0.6 is 11.6 Å². The molecule has 1 atom stereocenters. The van der Waals surface area contributed by atoms with Crippen LogP contribution < -0.4 is 0 Å². The Balaban J connectivity index is 2.06. The molecule has 1 heterocycles. The molecule has 5 nitrogen and oxygen atoms in total. The molecule has 0 spiro atoms. The minimum Gasteiger partial charge on any atom is -0.479 e. The predicted molar refractivity (Wildman–Crippen MR) is 110 cm³/mol. The number of hydrogen-bond acceptors (Lipinski definition) is 3. The van der Waals surface area contributed by atoms with E-state index in [0.29, 0.717) is 33.1 Å². The summed E-state index contributed by atoms with van der Waals surface area (Å²) in [6, 6.07) is 11.5. The van der Waals surface area contributed by atoms with Crippen molar-refractivity contribution in [2.24, 2.45) is 0 Å². The zero-order valence-electron chi connectivity index (χ0n) is 16.9. The molecule has 1 unspecified atom stereocenters. The summed E-state index contributed by atoms with van der Waals surface area (Å²) < 4.78 is 44.5. The van der Waals surface area contributed by atoms with Crippen molar-refractivity contribution in [1.29, 1.82) is 0 Å². The molecule has 0 aliphatic heterocycles. The summed E-state index contributed by atoms with van der Waals surface area (Å²) in [5.41, 5.74) is 0.200. The van der Waals surface area contributed by atoms with Crippen LogP contribution in [0, 0.1) is 6.92 Å². The van der Waals surface area contributed by atoms with Gasteiger partial charge in [0.1, 0.15) is 6.10 Å². The first-order chi connectivity index (χ1) is 14.4. The van der Waals surface area contributed by atoms with Gasteiger partial charge >= 0.3 is 12.1 Å². The van der Waals surface area contributed by atoms with E-state index in [2.05, 4.69) is 10.2 Å². The number of halogens is 4. The molecule has 0 bridgehead atoms. The van der Waals surface area contributed by atoms with Gasteiger partial charge in [-0.2, -0.15) is 18.3 Å². The number of carboxylic acid groups (broad SMARTS) is 1. The monoisotopic (exact) mass is 452 g/mol. The molecule has 164 valence electrons. The van der Waals surface area contributed by atoms with E-state index >= 15 is 0 Å². The third-order valence-corrected chi connectivity index (χ3v) is 5.26. The number of aliphatic carboxylic acids is 1. The average Bonchev–Trinajstić information content (AvgIpc) is 3.07. The third kappa shape index (κ3) is 4.75. The zero-order chi connectivity index (χ0) is 23.0. The van der Waals surface area contributed by atoms with Gasteiger partial charge in [0.05, 0.1) is 17.0 Å². The molecule has 0 aliphatic carbocycles. The van der Waals surface area contributed by atoms with Crippen LogP contribution in [0.2, 0.25) is 5.02 Å². The number of hydrogen-bond donors (Lipinski definition) is 2. The molecule has 1 aromatic heterocycles. The number of carboxylic acids is 1. The Bertz CT molecular complexity index is 1090. The Hall–Kier alpha value is -2.84. The first-order valence-electron chi connectivity index (χ1n) is 9.30. The highest BCUT2D eigenvalue weighted by Crippen LogP contribution is 2.38. The van der Waals surface area contributed by atoms with Crippen LogP contribution in [0.25, 0.3) is 11.3 Å². The van der Waals surface area contributed by atoms with Crippen LogP contribution in [-0.4, -0.2) is 26.9 Å². The minimum absolute atomic E-state index is 0.368. The molecule has 3 aromatic rings. The third-order valence-electron chi connectivity index (χ3n) is 4.91. The molecule has 2 aromatic carbocycles. The molecule has 3 rings (SSSR count). The van der Waals surface area contributed by atoms with Gasteiger partial charge in [0, 0.05) is 16.1 Å². The van der Waals surface area contributed by atoms with E-state index in [1.54, 1.807) is 31.2 Å². The summed E-state index contributed by atoms with van der Waals surface area (Å²) in [6.45, 7) is 4.56. The van der Waals surface area contributed by atoms with Crippen LogP contribution in [0.3, 0.4) is 0 Å². The Morgan fingerprint density at radius 2 is 1.74 bits per heavy atom. The number of aromatic nitrogens is 2. The lowest BCUT2D eigenvalue weighted by Gasteiger charge is -2.27. The summed E-state index contributed by atoms with van der Waals surface area (Å²) >= 11 is 6.34. The number of alkyl halides is 3. The van der Waals surface area contributed by atoms with Gasteiger partial charge in [0.15, 0.2) is 5.60 Å². The predicted octanol–water partition coefficient (Wildman–Crippen LogP) is 6.03. The molecule has 0 amide bonds. The van der Waals surface area contributed by atoms with E-state index in [0.717, 1.165) is 12.1 Å². The summed E-state index contributed by atoms with van der Waals surface area (Å²) in [4.78, 5) is 11.7. The van der Waals surface area contributed by atoms with Crippen molar-refractivity contribution in [3.63, 3.8) is 0 Å². The van der Waals surface area contributed by atoms with Crippen molar-refractivity contribution in [3.05, 3.63) is 75.9 Å². The second-order valence-electron chi connectivity index (χ2n) is 7.52. The fraction of sp³-hybridized carbons (Fsp3) is 0.273. The van der Waals surface area contributed by atoms with Gasteiger partial charge in [-0.05, 0) is 44.5 Å². The average molecular weight is 453 g/mol. The number of carbonyl (C=O) groups is 1. The standard InChI is InChI=1S/C22H20ClF3N2O3/c1-12-17(13-8-10-14(11-9-13)22(24,25)26)27-28-18(12)19(31-21(2,3)20(29)30)15-6-4-5-7-16(15)23/h4-11,19H,1-3H3,(H,27,28)(H,29,30). The van der Waals surface area contributed by atoms with E-state index in [1.165, 1.54) is 26.0 Å². The molecular formula is C22H20ClF3N2O3. The normalized spacial score (nSPS) is 13.3. The van der Waals surface area contributed by atoms with Gasteiger partial charge in [0.25, 0.3) is 0 Å². The number of nitrogens with zero attached hydrogens (tertiary/aromatic N) is 1. The van der Waals surface area contributed by atoms with Crippen molar-refractivity contribution in [1.82, 2.24) is 10.2 Å². The molecule has 9 heteroatoms. The first kappa shape index (κ1) is 22.8. The summed E-state index contributed by atoms with van der Waals surface area (Å²) in [5.74, 6) is -1.17. The topological polar surface area (TPSA) is 75.2 Å². The number of benzene rings is 2. The SMILES string of the molecule is Cc1c(C(OC(C)(C)C(=O)O)c2ccccc2Cl)n[nH]c1-c1ccc(C(F)(F)F)cc1. The highest BCUT2D eigenvalue weighted by atomic mass is 35.5. The van der Waals surface area contributed by atoms with E-state index in [9.17, 15) is 23.1 Å². The van der Waals surface area contributed by atoms with Crippen LogP contribution in [0.15, 0.2) is 48.5 Å². The van der Waals surface area contributed by atoms with Gasteiger partial charge in [-0.25, -0.2) is 4.79 Å². The number of ether oxygens (including phenoxy) is 1. The van der Waals surface area contributed by atoms with Gasteiger partial charge in [0.2, 0.25) is 0 Å². The lowest BCUT2D eigenvalue weighted by atomic mass is 9.98. The molecule has 2 N–H and O–H groups in total. The zero-order valence-corrected chi connectivity index (χ0v) is 17.7. The largest absolute Gasteiger partial charge is 0.479 e. The van der Waals surface area contributed by atoms with E-state index in [1.807, 2.05) is 0 Å². The molecular weight excluding hydrogens is 433 g/mol. The van der Waals surface area contributed by atoms with E-state index in [4.69, 9.17) is 16.3 Å². The van der Waals surface area contributed by atoms with Crippen molar-refractivity contribution < 1.29 is 27.8 Å². The van der Waals surface area contributed by atoms with Gasteiger partial charge in [-0.1, -0.05) is 41.9 Å². The number of rotatable bonds is 6. The molecule has 0 saturated heterocycles. The molecule has 31 heavy (non-hydrogen) atoms. The lowest BCUT2D eigenvalue weighted by molar-refractivity contribution is -0.166. The summed E-state index contributed by atoms with van der Waals surface area (Å²) in [5, 5.41) is 17.0. The molecule has 0 saturated carbocycles. The highest BCUT2D eigenvalue weighted by molar-refractivity contribution is 6.31. The Morgan fingerprint density at radius 1 is 1.13 bits per heavy atom. The van der Waals surface area contributed by atoms with Crippen LogP contribution in [0.1, 0.15) is 42.3 Å². The molecule has 0 radical (unpaired) electrons. The fourth-order valence-corrected chi connectivity index (χ4v) is 3.31.